The fourth-order valence-corrected chi connectivity index (χ4v) is 3.84. The van der Waals surface area contributed by atoms with Crippen LogP contribution in [0.25, 0.3) is 0 Å². The van der Waals surface area contributed by atoms with E-state index in [1.165, 1.54) is 0 Å². The number of nitrogens with one attached hydrogen (secondary N) is 1. The van der Waals surface area contributed by atoms with Crippen molar-refractivity contribution in [3.8, 4) is 0 Å². The van der Waals surface area contributed by atoms with E-state index in [-0.39, 0.29) is 5.56 Å². The number of carbonyl (C=O) groups is 1. The highest BCUT2D eigenvalue weighted by Gasteiger charge is 2.16. The van der Waals surface area contributed by atoms with E-state index in [0.717, 1.165) is 42.3 Å². The lowest BCUT2D eigenvalue weighted by atomic mass is 10.1. The molecule has 0 atom stereocenters. The standard InChI is InChI=1S/C19H19F3N2OS/c1-12-8-13(11-24-4-6-26-7-5-24)2-3-17(12)23-19(25)14-9-15(20)18(22)16(21)10-14/h2-3,8-10H,4-7,11H2,1H3,(H,23,25). The van der Waals surface area contributed by atoms with E-state index >= 15 is 0 Å². The Morgan fingerprint density at radius 1 is 1.12 bits per heavy atom. The van der Waals surface area contributed by atoms with Gasteiger partial charge in [0.15, 0.2) is 17.5 Å². The van der Waals surface area contributed by atoms with Crippen molar-refractivity contribution in [2.75, 3.05) is 29.9 Å². The summed E-state index contributed by atoms with van der Waals surface area (Å²) in [6.07, 6.45) is 0. The number of hydrogen-bond donors (Lipinski definition) is 1. The molecule has 0 radical (unpaired) electrons. The monoisotopic (exact) mass is 380 g/mol. The van der Waals surface area contributed by atoms with Gasteiger partial charge in [-0.3, -0.25) is 9.69 Å². The zero-order valence-corrected chi connectivity index (χ0v) is 15.1. The summed E-state index contributed by atoms with van der Waals surface area (Å²) in [6, 6.07) is 7.06. The topological polar surface area (TPSA) is 32.3 Å². The Bertz CT molecular complexity index is 799. The molecule has 7 heteroatoms. The minimum Gasteiger partial charge on any atom is -0.322 e. The van der Waals surface area contributed by atoms with Crippen molar-refractivity contribution in [1.82, 2.24) is 4.90 Å². The third kappa shape index (κ3) is 4.40. The Labute approximate surface area is 154 Å². The minimum atomic E-state index is -1.59. The van der Waals surface area contributed by atoms with Gasteiger partial charge >= 0.3 is 0 Å². The highest BCUT2D eigenvalue weighted by atomic mass is 32.2. The molecule has 1 heterocycles. The molecule has 1 saturated heterocycles. The SMILES string of the molecule is Cc1cc(CN2CCSCC2)ccc1NC(=O)c1cc(F)c(F)c(F)c1. The largest absolute Gasteiger partial charge is 0.322 e. The van der Waals surface area contributed by atoms with E-state index in [0.29, 0.717) is 17.8 Å². The van der Waals surface area contributed by atoms with Crippen LogP contribution in [0.5, 0.6) is 0 Å². The van der Waals surface area contributed by atoms with E-state index in [9.17, 15) is 18.0 Å². The van der Waals surface area contributed by atoms with Gasteiger partial charge in [0.2, 0.25) is 0 Å². The van der Waals surface area contributed by atoms with E-state index in [2.05, 4.69) is 10.2 Å². The van der Waals surface area contributed by atoms with Gasteiger partial charge in [-0.2, -0.15) is 11.8 Å². The molecule has 1 amide bonds. The molecule has 1 aliphatic rings. The van der Waals surface area contributed by atoms with Crippen LogP contribution in [0.1, 0.15) is 21.5 Å². The van der Waals surface area contributed by atoms with Crippen LogP contribution in [-0.4, -0.2) is 35.4 Å². The first kappa shape index (κ1) is 18.8. The summed E-state index contributed by atoms with van der Waals surface area (Å²) in [4.78, 5) is 14.6. The summed E-state index contributed by atoms with van der Waals surface area (Å²) in [6.45, 7) is 4.83. The predicted octanol–water partition coefficient (Wildman–Crippen LogP) is 4.21. The predicted molar refractivity (Wildman–Crippen MR) is 98.1 cm³/mol. The van der Waals surface area contributed by atoms with Crippen LogP contribution in [0, 0.1) is 24.4 Å². The Hall–Kier alpha value is -1.99. The second-order valence-electron chi connectivity index (χ2n) is 6.25. The molecule has 3 rings (SSSR count). The number of thioether (sulfide) groups is 1. The summed E-state index contributed by atoms with van der Waals surface area (Å²) >= 11 is 1.96. The smallest absolute Gasteiger partial charge is 0.255 e. The third-order valence-electron chi connectivity index (χ3n) is 4.29. The summed E-state index contributed by atoms with van der Waals surface area (Å²) < 4.78 is 39.6. The van der Waals surface area contributed by atoms with E-state index in [1.54, 1.807) is 6.07 Å². The Kier molecular flexibility index (Phi) is 5.88. The second kappa shape index (κ2) is 8.14. The summed E-state index contributed by atoms with van der Waals surface area (Å²) in [5, 5.41) is 2.62. The number of nitrogens with zero attached hydrogens (tertiary/aromatic N) is 1. The minimum absolute atomic E-state index is 0.268. The van der Waals surface area contributed by atoms with Crippen molar-refractivity contribution in [1.29, 1.82) is 0 Å². The van der Waals surface area contributed by atoms with Crippen molar-refractivity contribution in [3.63, 3.8) is 0 Å². The van der Waals surface area contributed by atoms with Gasteiger partial charge in [-0.1, -0.05) is 12.1 Å². The summed E-state index contributed by atoms with van der Waals surface area (Å²) in [7, 11) is 0. The fourth-order valence-electron chi connectivity index (χ4n) is 2.86. The number of benzene rings is 2. The molecule has 1 N–H and O–H groups in total. The Balaban J connectivity index is 1.70. The molecule has 0 aromatic heterocycles. The second-order valence-corrected chi connectivity index (χ2v) is 7.47. The highest BCUT2D eigenvalue weighted by molar-refractivity contribution is 7.99. The van der Waals surface area contributed by atoms with Crippen LogP contribution in [-0.2, 0) is 6.54 Å². The number of hydrogen-bond acceptors (Lipinski definition) is 3. The van der Waals surface area contributed by atoms with Gasteiger partial charge in [0.05, 0.1) is 0 Å². The average molecular weight is 380 g/mol. The fraction of sp³-hybridized carbons (Fsp3) is 0.316. The lowest BCUT2D eigenvalue weighted by Gasteiger charge is -2.26. The quantitative estimate of drug-likeness (QED) is 0.807. The van der Waals surface area contributed by atoms with Gasteiger partial charge in [0.1, 0.15) is 0 Å². The van der Waals surface area contributed by atoms with E-state index < -0.39 is 23.4 Å². The molecule has 1 aliphatic heterocycles. The van der Waals surface area contributed by atoms with E-state index in [1.807, 2.05) is 30.8 Å². The Morgan fingerprint density at radius 2 is 1.77 bits per heavy atom. The molecule has 2 aromatic carbocycles. The van der Waals surface area contributed by atoms with Crippen LogP contribution in [0.4, 0.5) is 18.9 Å². The molecule has 1 fully saturated rings. The number of aryl methyl sites for hydroxylation is 1. The molecule has 26 heavy (non-hydrogen) atoms. The maximum absolute atomic E-state index is 13.3. The molecule has 0 spiro atoms. The lowest BCUT2D eigenvalue weighted by molar-refractivity contribution is 0.102. The van der Waals surface area contributed by atoms with Crippen molar-refractivity contribution < 1.29 is 18.0 Å². The average Bonchev–Trinajstić information content (AvgIpc) is 2.62. The van der Waals surface area contributed by atoms with Gasteiger partial charge in [-0.05, 0) is 36.2 Å². The molecule has 0 unspecified atom stereocenters. The van der Waals surface area contributed by atoms with E-state index in [4.69, 9.17) is 0 Å². The summed E-state index contributed by atoms with van der Waals surface area (Å²) in [5.41, 5.74) is 2.28. The number of halogens is 3. The zero-order valence-electron chi connectivity index (χ0n) is 14.3. The van der Waals surface area contributed by atoms with Gasteiger partial charge in [-0.15, -0.1) is 0 Å². The zero-order chi connectivity index (χ0) is 18.7. The normalized spacial score (nSPS) is 15.1. The lowest BCUT2D eigenvalue weighted by Crippen LogP contribution is -2.31. The van der Waals surface area contributed by atoms with Gasteiger partial charge in [0, 0.05) is 42.4 Å². The molecule has 0 saturated carbocycles. The number of rotatable bonds is 4. The first-order chi connectivity index (χ1) is 12.4. The number of carbonyl (C=O) groups excluding carboxylic acids is 1. The molecule has 0 bridgehead atoms. The molecular formula is C19H19F3N2OS. The number of amides is 1. The Morgan fingerprint density at radius 3 is 2.38 bits per heavy atom. The molecule has 138 valence electrons. The van der Waals surface area contributed by atoms with Gasteiger partial charge in [0.25, 0.3) is 5.91 Å². The van der Waals surface area contributed by atoms with Crippen LogP contribution in [0.3, 0.4) is 0 Å². The van der Waals surface area contributed by atoms with Crippen molar-refractivity contribution >= 4 is 23.4 Å². The first-order valence-corrected chi connectivity index (χ1v) is 9.45. The van der Waals surface area contributed by atoms with Crippen molar-refractivity contribution in [3.05, 3.63) is 64.5 Å². The third-order valence-corrected chi connectivity index (χ3v) is 5.24. The first-order valence-electron chi connectivity index (χ1n) is 8.29. The van der Waals surface area contributed by atoms with Crippen LogP contribution >= 0.6 is 11.8 Å². The molecule has 0 aliphatic carbocycles. The maximum atomic E-state index is 13.3. The molecule has 3 nitrogen and oxygen atoms in total. The summed E-state index contributed by atoms with van der Waals surface area (Å²) in [5.74, 6) is -2.77. The molecule has 2 aromatic rings. The van der Waals surface area contributed by atoms with Crippen molar-refractivity contribution in [2.24, 2.45) is 0 Å². The van der Waals surface area contributed by atoms with Gasteiger partial charge in [-0.25, -0.2) is 13.2 Å². The van der Waals surface area contributed by atoms with Crippen LogP contribution in [0.2, 0.25) is 0 Å². The van der Waals surface area contributed by atoms with Gasteiger partial charge < -0.3 is 5.32 Å². The van der Waals surface area contributed by atoms with Crippen molar-refractivity contribution in [2.45, 2.75) is 13.5 Å². The highest BCUT2D eigenvalue weighted by Crippen LogP contribution is 2.21. The van der Waals surface area contributed by atoms with Crippen LogP contribution in [0.15, 0.2) is 30.3 Å². The molecular weight excluding hydrogens is 361 g/mol. The van der Waals surface area contributed by atoms with Crippen LogP contribution < -0.4 is 5.32 Å². The number of anilines is 1. The maximum Gasteiger partial charge on any atom is 0.255 e.